The van der Waals surface area contributed by atoms with E-state index in [0.717, 1.165) is 0 Å². The van der Waals surface area contributed by atoms with E-state index < -0.39 is 11.8 Å². The first-order valence-corrected chi connectivity index (χ1v) is 8.06. The van der Waals surface area contributed by atoms with Crippen LogP contribution in [0.15, 0.2) is 48.7 Å². The summed E-state index contributed by atoms with van der Waals surface area (Å²) in [5.41, 5.74) is 1.91. The molecule has 2 amide bonds. The third-order valence-corrected chi connectivity index (χ3v) is 4.01. The molecule has 3 rings (SSSR count). The van der Waals surface area contributed by atoms with Crippen LogP contribution in [0.1, 0.15) is 0 Å². The van der Waals surface area contributed by atoms with Crippen LogP contribution in [0.2, 0.25) is 5.02 Å². The predicted molar refractivity (Wildman–Crippen MR) is 99.2 cm³/mol. The number of carbonyl (C=O) groups excluding carboxylic acids is 1. The van der Waals surface area contributed by atoms with Gasteiger partial charge in [-0.15, -0.1) is 0 Å². The van der Waals surface area contributed by atoms with Crippen LogP contribution in [-0.2, 0) is 7.05 Å². The van der Waals surface area contributed by atoms with Crippen LogP contribution < -0.4 is 15.4 Å². The zero-order valence-corrected chi connectivity index (χ0v) is 14.8. The number of carbonyl (C=O) groups is 1. The van der Waals surface area contributed by atoms with Crippen LogP contribution in [0.4, 0.5) is 20.6 Å². The van der Waals surface area contributed by atoms with E-state index in [0.29, 0.717) is 27.7 Å². The molecule has 0 aliphatic heterocycles. The molecule has 0 atom stereocenters. The molecule has 6 nitrogen and oxygen atoms in total. The van der Waals surface area contributed by atoms with E-state index in [1.165, 1.54) is 18.3 Å². The Morgan fingerprint density at radius 2 is 2.00 bits per heavy atom. The van der Waals surface area contributed by atoms with Crippen molar-refractivity contribution in [2.75, 3.05) is 17.7 Å². The summed E-state index contributed by atoms with van der Waals surface area (Å²) in [6, 6.07) is 10.4. The lowest BCUT2D eigenvalue weighted by Gasteiger charge is -2.13. The van der Waals surface area contributed by atoms with E-state index in [2.05, 4.69) is 15.7 Å². The van der Waals surface area contributed by atoms with Gasteiger partial charge >= 0.3 is 6.03 Å². The summed E-state index contributed by atoms with van der Waals surface area (Å²) in [6.45, 7) is 0. The molecule has 0 unspecified atom stereocenters. The van der Waals surface area contributed by atoms with Gasteiger partial charge in [0, 0.05) is 18.3 Å². The van der Waals surface area contributed by atoms with Gasteiger partial charge in [-0.3, -0.25) is 4.68 Å². The largest absolute Gasteiger partial charge is 0.496 e. The van der Waals surface area contributed by atoms with Crippen molar-refractivity contribution in [1.82, 2.24) is 9.78 Å². The van der Waals surface area contributed by atoms with E-state index in [9.17, 15) is 9.18 Å². The number of methoxy groups -OCH3 is 1. The Balaban J connectivity index is 1.86. The molecule has 26 heavy (non-hydrogen) atoms. The van der Waals surface area contributed by atoms with Gasteiger partial charge in [0.1, 0.15) is 11.6 Å². The van der Waals surface area contributed by atoms with Crippen molar-refractivity contribution in [1.29, 1.82) is 0 Å². The number of aryl methyl sites for hydroxylation is 1. The average Bonchev–Trinajstić information content (AvgIpc) is 2.95. The molecule has 3 aromatic rings. The highest BCUT2D eigenvalue weighted by atomic mass is 35.5. The lowest BCUT2D eigenvalue weighted by Crippen LogP contribution is -2.20. The molecule has 1 heterocycles. The molecule has 8 heteroatoms. The number of nitrogens with zero attached hydrogens (tertiary/aromatic N) is 2. The Labute approximate surface area is 154 Å². The number of hydrogen-bond donors (Lipinski definition) is 2. The minimum atomic E-state index is -0.567. The molecule has 0 radical (unpaired) electrons. The van der Waals surface area contributed by atoms with Gasteiger partial charge in [0.25, 0.3) is 0 Å². The third-order valence-electron chi connectivity index (χ3n) is 3.73. The van der Waals surface area contributed by atoms with Crippen molar-refractivity contribution in [2.45, 2.75) is 0 Å². The number of hydrogen-bond acceptors (Lipinski definition) is 3. The second-order valence-electron chi connectivity index (χ2n) is 5.44. The standard InChI is InChI=1S/C18H16ClFN4O2/c1-24-17(13(19)10-21-24)12-9-11(7-8-16(12)26-2)22-18(25)23-15-6-4-3-5-14(15)20/h3-10H,1-2H3,(H2,22,23,25). The maximum atomic E-state index is 13.6. The van der Waals surface area contributed by atoms with Crippen molar-refractivity contribution in [3.8, 4) is 17.0 Å². The van der Waals surface area contributed by atoms with Gasteiger partial charge in [0.05, 0.1) is 29.7 Å². The molecular formula is C18H16ClFN4O2. The Morgan fingerprint density at radius 3 is 2.65 bits per heavy atom. The Bertz CT molecular complexity index is 939. The molecule has 1 aromatic heterocycles. The molecule has 0 aliphatic carbocycles. The highest BCUT2D eigenvalue weighted by molar-refractivity contribution is 6.33. The molecule has 0 fully saturated rings. The minimum absolute atomic E-state index is 0.0911. The van der Waals surface area contributed by atoms with Gasteiger partial charge in [-0.05, 0) is 30.3 Å². The summed E-state index contributed by atoms with van der Waals surface area (Å²) < 4.78 is 20.6. The molecular weight excluding hydrogens is 359 g/mol. The first-order valence-electron chi connectivity index (χ1n) is 7.68. The van der Waals surface area contributed by atoms with Gasteiger partial charge in [-0.2, -0.15) is 5.10 Å². The van der Waals surface area contributed by atoms with Crippen molar-refractivity contribution >= 4 is 29.0 Å². The number of amides is 2. The van der Waals surface area contributed by atoms with E-state index >= 15 is 0 Å². The molecule has 0 bridgehead atoms. The second kappa shape index (κ2) is 7.45. The van der Waals surface area contributed by atoms with Crippen molar-refractivity contribution < 1.29 is 13.9 Å². The van der Waals surface area contributed by atoms with Crippen LogP contribution in [0, 0.1) is 5.82 Å². The Hall–Kier alpha value is -3.06. The maximum absolute atomic E-state index is 13.6. The van der Waals surface area contributed by atoms with E-state index in [1.807, 2.05) is 0 Å². The number of halogens is 2. The first-order chi connectivity index (χ1) is 12.5. The van der Waals surface area contributed by atoms with Gasteiger partial charge in [-0.25, -0.2) is 9.18 Å². The zero-order chi connectivity index (χ0) is 18.7. The van der Waals surface area contributed by atoms with E-state index in [-0.39, 0.29) is 5.69 Å². The second-order valence-corrected chi connectivity index (χ2v) is 5.85. The minimum Gasteiger partial charge on any atom is -0.496 e. The highest BCUT2D eigenvalue weighted by Crippen LogP contribution is 2.36. The lowest BCUT2D eigenvalue weighted by atomic mass is 10.1. The molecule has 0 spiro atoms. The van der Waals surface area contributed by atoms with Crippen molar-refractivity contribution in [2.24, 2.45) is 7.05 Å². The number of para-hydroxylation sites is 1. The number of urea groups is 1. The number of ether oxygens (including phenoxy) is 1. The summed E-state index contributed by atoms with van der Waals surface area (Å²) in [7, 11) is 3.30. The van der Waals surface area contributed by atoms with E-state index in [1.54, 1.807) is 49.2 Å². The van der Waals surface area contributed by atoms with Crippen LogP contribution in [0.3, 0.4) is 0 Å². The summed E-state index contributed by atoms with van der Waals surface area (Å²) in [4.78, 5) is 12.2. The molecule has 0 saturated heterocycles. The van der Waals surface area contributed by atoms with Crippen LogP contribution in [0.5, 0.6) is 5.75 Å². The lowest BCUT2D eigenvalue weighted by molar-refractivity contribution is 0.262. The number of aromatic nitrogens is 2. The van der Waals surface area contributed by atoms with Gasteiger partial charge in [0.2, 0.25) is 0 Å². The zero-order valence-electron chi connectivity index (χ0n) is 14.1. The molecule has 0 saturated carbocycles. The highest BCUT2D eigenvalue weighted by Gasteiger charge is 2.16. The average molecular weight is 375 g/mol. The third kappa shape index (κ3) is 3.62. The summed E-state index contributed by atoms with van der Waals surface area (Å²) >= 11 is 6.21. The SMILES string of the molecule is COc1ccc(NC(=O)Nc2ccccc2F)cc1-c1c(Cl)cnn1C. The summed E-state index contributed by atoms with van der Waals surface area (Å²) in [5, 5.41) is 9.70. The maximum Gasteiger partial charge on any atom is 0.323 e. The fraction of sp³-hybridized carbons (Fsp3) is 0.111. The molecule has 2 aromatic carbocycles. The van der Waals surface area contributed by atoms with Crippen molar-refractivity contribution in [3.63, 3.8) is 0 Å². The normalized spacial score (nSPS) is 10.5. The smallest absolute Gasteiger partial charge is 0.323 e. The monoisotopic (exact) mass is 374 g/mol. The molecule has 2 N–H and O–H groups in total. The Morgan fingerprint density at radius 1 is 1.23 bits per heavy atom. The topological polar surface area (TPSA) is 68.2 Å². The van der Waals surface area contributed by atoms with Crippen molar-refractivity contribution in [3.05, 3.63) is 59.5 Å². The summed E-state index contributed by atoms with van der Waals surface area (Å²) in [5.74, 6) is 0.0651. The van der Waals surface area contributed by atoms with Gasteiger partial charge in [0.15, 0.2) is 0 Å². The van der Waals surface area contributed by atoms with Crippen LogP contribution >= 0.6 is 11.6 Å². The van der Waals surface area contributed by atoms with E-state index in [4.69, 9.17) is 16.3 Å². The molecule has 134 valence electrons. The number of benzene rings is 2. The summed E-state index contributed by atoms with van der Waals surface area (Å²) in [6.07, 6.45) is 1.53. The Kier molecular flexibility index (Phi) is 5.09. The fourth-order valence-corrected chi connectivity index (χ4v) is 2.80. The van der Waals surface area contributed by atoms with Crippen LogP contribution in [0.25, 0.3) is 11.3 Å². The van der Waals surface area contributed by atoms with Gasteiger partial charge < -0.3 is 15.4 Å². The predicted octanol–water partition coefficient (Wildman–Crippen LogP) is 4.53. The number of rotatable bonds is 4. The quantitative estimate of drug-likeness (QED) is 0.704. The first kappa shape index (κ1) is 17.8. The van der Waals surface area contributed by atoms with Crippen LogP contribution in [-0.4, -0.2) is 22.9 Å². The fourth-order valence-electron chi connectivity index (χ4n) is 2.53. The number of nitrogens with one attached hydrogen (secondary N) is 2. The molecule has 0 aliphatic rings. The van der Waals surface area contributed by atoms with Gasteiger partial charge in [-0.1, -0.05) is 23.7 Å². The number of anilines is 2.